The van der Waals surface area contributed by atoms with Gasteiger partial charge in [-0.25, -0.2) is 0 Å². The number of fused-ring (bicyclic) bond motifs is 1. The summed E-state index contributed by atoms with van der Waals surface area (Å²) in [6, 6.07) is 5.20. The third-order valence-corrected chi connectivity index (χ3v) is 7.64. The van der Waals surface area contributed by atoms with Crippen molar-refractivity contribution in [1.29, 1.82) is 0 Å². The van der Waals surface area contributed by atoms with Crippen LogP contribution in [0.2, 0.25) is 0 Å². The minimum atomic E-state index is -0.938. The molecule has 4 amide bonds. The zero-order valence-corrected chi connectivity index (χ0v) is 17.7. The number of anilines is 1. The maximum atomic E-state index is 13.2. The fourth-order valence-electron chi connectivity index (χ4n) is 5.87. The third kappa shape index (κ3) is 3.33. The lowest BCUT2D eigenvalue weighted by atomic mass is 9.57. The Labute approximate surface area is 181 Å². The first-order chi connectivity index (χ1) is 14.9. The fourth-order valence-corrected chi connectivity index (χ4v) is 5.87. The molecule has 1 aromatic rings. The van der Waals surface area contributed by atoms with Gasteiger partial charge in [0, 0.05) is 24.2 Å². The van der Waals surface area contributed by atoms with E-state index in [0.717, 1.165) is 17.7 Å². The highest BCUT2D eigenvalue weighted by atomic mass is 16.2. The summed E-state index contributed by atoms with van der Waals surface area (Å²) >= 11 is 0. The molecular weight excluding hydrogens is 396 g/mol. The zero-order valence-electron chi connectivity index (χ0n) is 17.7. The highest BCUT2D eigenvalue weighted by Crippen LogP contribution is 2.52. The molecular formula is C23H28N4O4. The first-order valence-electron chi connectivity index (χ1n) is 11.2. The lowest BCUT2D eigenvalue weighted by Gasteiger charge is -2.52. The van der Waals surface area contributed by atoms with Crippen molar-refractivity contribution in [2.24, 2.45) is 5.41 Å². The molecule has 1 spiro atoms. The molecule has 164 valence electrons. The van der Waals surface area contributed by atoms with Crippen LogP contribution in [-0.4, -0.2) is 53.7 Å². The van der Waals surface area contributed by atoms with E-state index in [-0.39, 0.29) is 24.8 Å². The van der Waals surface area contributed by atoms with E-state index < -0.39 is 23.8 Å². The fraction of sp³-hybridized carbons (Fsp3) is 0.565. The molecule has 1 atom stereocenters. The highest BCUT2D eigenvalue weighted by molar-refractivity contribution is 6.25. The molecule has 0 aromatic heterocycles. The number of hydrogen-bond donors (Lipinski definition) is 3. The van der Waals surface area contributed by atoms with Crippen LogP contribution in [-0.2, 0) is 9.59 Å². The topological polar surface area (TPSA) is 108 Å². The molecule has 1 unspecified atom stereocenters. The van der Waals surface area contributed by atoms with Crippen molar-refractivity contribution in [2.75, 3.05) is 12.4 Å². The van der Waals surface area contributed by atoms with Gasteiger partial charge in [0.25, 0.3) is 11.8 Å². The van der Waals surface area contributed by atoms with E-state index in [1.54, 1.807) is 12.1 Å². The number of hydrogen-bond acceptors (Lipinski definition) is 6. The molecule has 3 fully saturated rings. The quantitative estimate of drug-likeness (QED) is 0.637. The Kier molecular flexibility index (Phi) is 4.84. The second-order valence-electron chi connectivity index (χ2n) is 9.49. The number of carbonyl (C=O) groups is 4. The molecule has 2 aliphatic heterocycles. The van der Waals surface area contributed by atoms with Crippen molar-refractivity contribution in [1.82, 2.24) is 15.5 Å². The van der Waals surface area contributed by atoms with E-state index >= 15 is 0 Å². The molecule has 0 bridgehead atoms. The molecule has 2 saturated carbocycles. The first-order valence-corrected chi connectivity index (χ1v) is 11.2. The Morgan fingerprint density at radius 2 is 1.74 bits per heavy atom. The summed E-state index contributed by atoms with van der Waals surface area (Å²) in [6.45, 7) is 0. The van der Waals surface area contributed by atoms with Gasteiger partial charge in [-0.2, -0.15) is 0 Å². The van der Waals surface area contributed by atoms with Crippen LogP contribution in [0.4, 0.5) is 5.69 Å². The van der Waals surface area contributed by atoms with Crippen LogP contribution in [0.5, 0.6) is 0 Å². The standard InChI is InChI=1S/C23H28N4O4/c1-24-13-7-9-23(10-8-13)11-14(12-23)25-16-4-2-3-15-19(16)22(31)27(21(15)30)17-5-6-18(28)26-20(17)29/h2-4,13-14,17,24-25H,5-12H2,1H3,(H,26,28,29). The number of rotatable bonds is 4. The van der Waals surface area contributed by atoms with Crippen molar-refractivity contribution < 1.29 is 19.2 Å². The second-order valence-corrected chi connectivity index (χ2v) is 9.49. The number of imide groups is 2. The van der Waals surface area contributed by atoms with Crippen LogP contribution in [0.3, 0.4) is 0 Å². The van der Waals surface area contributed by atoms with Crippen LogP contribution in [0, 0.1) is 5.41 Å². The Balaban J connectivity index is 1.30. The summed E-state index contributed by atoms with van der Waals surface area (Å²) < 4.78 is 0. The van der Waals surface area contributed by atoms with Gasteiger partial charge in [-0.15, -0.1) is 0 Å². The van der Waals surface area contributed by atoms with Crippen molar-refractivity contribution in [3.8, 4) is 0 Å². The van der Waals surface area contributed by atoms with Gasteiger partial charge in [-0.05, 0) is 69.5 Å². The van der Waals surface area contributed by atoms with Gasteiger partial charge in [0.2, 0.25) is 11.8 Å². The predicted molar refractivity (Wildman–Crippen MR) is 114 cm³/mol. The van der Waals surface area contributed by atoms with Gasteiger partial charge in [0.05, 0.1) is 11.1 Å². The van der Waals surface area contributed by atoms with Crippen LogP contribution in [0.15, 0.2) is 18.2 Å². The van der Waals surface area contributed by atoms with Crippen molar-refractivity contribution >= 4 is 29.3 Å². The van der Waals surface area contributed by atoms with Crippen molar-refractivity contribution in [3.05, 3.63) is 29.3 Å². The molecule has 1 saturated heterocycles. The van der Waals surface area contributed by atoms with Crippen molar-refractivity contribution in [2.45, 2.75) is 69.5 Å². The molecule has 8 heteroatoms. The van der Waals surface area contributed by atoms with Gasteiger partial charge in [-0.1, -0.05) is 6.07 Å². The maximum Gasteiger partial charge on any atom is 0.264 e. The molecule has 2 heterocycles. The minimum Gasteiger partial charge on any atom is -0.382 e. The molecule has 8 nitrogen and oxygen atoms in total. The van der Waals surface area contributed by atoms with E-state index in [1.165, 1.54) is 25.7 Å². The van der Waals surface area contributed by atoms with Gasteiger partial charge < -0.3 is 10.6 Å². The van der Waals surface area contributed by atoms with E-state index in [1.807, 2.05) is 13.1 Å². The lowest BCUT2D eigenvalue weighted by Crippen LogP contribution is -2.54. The number of carbonyl (C=O) groups excluding carboxylic acids is 4. The van der Waals surface area contributed by atoms with E-state index in [9.17, 15) is 19.2 Å². The summed E-state index contributed by atoms with van der Waals surface area (Å²) in [5, 5.41) is 9.11. The molecule has 4 aliphatic rings. The number of amides is 4. The average Bonchev–Trinajstić information content (AvgIpc) is 2.99. The van der Waals surface area contributed by atoms with E-state index in [2.05, 4.69) is 16.0 Å². The largest absolute Gasteiger partial charge is 0.382 e. The number of nitrogens with zero attached hydrogens (tertiary/aromatic N) is 1. The smallest absolute Gasteiger partial charge is 0.264 e. The lowest BCUT2D eigenvalue weighted by molar-refractivity contribution is -0.136. The van der Waals surface area contributed by atoms with E-state index in [4.69, 9.17) is 0 Å². The van der Waals surface area contributed by atoms with Crippen LogP contribution in [0.1, 0.15) is 72.1 Å². The predicted octanol–water partition coefficient (Wildman–Crippen LogP) is 1.81. The third-order valence-electron chi connectivity index (χ3n) is 7.64. The number of benzene rings is 1. The average molecular weight is 425 g/mol. The maximum absolute atomic E-state index is 13.2. The molecule has 1 aromatic carbocycles. The summed E-state index contributed by atoms with van der Waals surface area (Å²) in [5.74, 6) is -1.88. The number of nitrogens with one attached hydrogen (secondary N) is 3. The van der Waals surface area contributed by atoms with E-state index in [0.29, 0.717) is 28.3 Å². The van der Waals surface area contributed by atoms with Crippen LogP contribution in [0.25, 0.3) is 0 Å². The monoisotopic (exact) mass is 424 g/mol. The summed E-state index contributed by atoms with van der Waals surface area (Å²) in [4.78, 5) is 50.9. The highest BCUT2D eigenvalue weighted by Gasteiger charge is 2.48. The Morgan fingerprint density at radius 1 is 1.00 bits per heavy atom. The first kappa shape index (κ1) is 20.2. The Hall–Kier alpha value is -2.74. The molecule has 3 N–H and O–H groups in total. The van der Waals surface area contributed by atoms with Gasteiger partial charge in [0.1, 0.15) is 6.04 Å². The summed E-state index contributed by atoms with van der Waals surface area (Å²) in [5.41, 5.74) is 1.73. The molecule has 31 heavy (non-hydrogen) atoms. The normalized spacial score (nSPS) is 32.7. The second kappa shape index (κ2) is 7.44. The van der Waals surface area contributed by atoms with Crippen LogP contribution >= 0.6 is 0 Å². The molecule has 0 radical (unpaired) electrons. The zero-order chi connectivity index (χ0) is 21.8. The Bertz CT molecular complexity index is 958. The minimum absolute atomic E-state index is 0.119. The summed E-state index contributed by atoms with van der Waals surface area (Å²) in [7, 11) is 2.03. The Morgan fingerprint density at radius 3 is 2.42 bits per heavy atom. The van der Waals surface area contributed by atoms with Crippen LogP contribution < -0.4 is 16.0 Å². The van der Waals surface area contributed by atoms with Gasteiger partial charge in [-0.3, -0.25) is 29.4 Å². The molecule has 5 rings (SSSR count). The summed E-state index contributed by atoms with van der Waals surface area (Å²) in [6.07, 6.45) is 7.30. The number of piperidine rings is 1. The molecule has 2 aliphatic carbocycles. The van der Waals surface area contributed by atoms with Gasteiger partial charge in [0.15, 0.2) is 0 Å². The van der Waals surface area contributed by atoms with Crippen molar-refractivity contribution in [3.63, 3.8) is 0 Å². The van der Waals surface area contributed by atoms with Gasteiger partial charge >= 0.3 is 0 Å². The SMILES string of the molecule is CNC1CCC2(CC1)CC(Nc1cccc3c1C(=O)N(C1CCC(=O)NC1=O)C3=O)C2.